The molecule has 2 aliphatic heterocycles. The highest BCUT2D eigenvalue weighted by atomic mass is 32.1. The van der Waals surface area contributed by atoms with Gasteiger partial charge in [-0.25, -0.2) is 4.39 Å². The van der Waals surface area contributed by atoms with Gasteiger partial charge < -0.3 is 9.47 Å². The first-order valence-electron chi connectivity index (χ1n) is 8.54. The van der Waals surface area contributed by atoms with E-state index in [1.807, 2.05) is 0 Å². The summed E-state index contributed by atoms with van der Waals surface area (Å²) in [6.07, 6.45) is 4.87. The Bertz CT molecular complexity index is 840. The van der Waals surface area contributed by atoms with Crippen LogP contribution in [0.3, 0.4) is 0 Å². The SMILES string of the molecule is Fc1ccc(C#C/C=C/COc2nsnc2OC2CN3CCC2C3)cc1. The molecule has 1 aromatic heterocycles. The number of allylic oxidation sites excluding steroid dienone is 1. The van der Waals surface area contributed by atoms with Crippen molar-refractivity contribution in [1.82, 2.24) is 13.6 Å². The smallest absolute Gasteiger partial charge is 0.291 e. The van der Waals surface area contributed by atoms with Crippen LogP contribution in [0.5, 0.6) is 11.8 Å². The third-order valence-corrected chi connectivity index (χ3v) is 5.04. The summed E-state index contributed by atoms with van der Waals surface area (Å²) >= 11 is 1.09. The Morgan fingerprint density at radius 3 is 2.85 bits per heavy atom. The molecule has 26 heavy (non-hydrogen) atoms. The van der Waals surface area contributed by atoms with Gasteiger partial charge in [-0.15, -0.1) is 8.75 Å². The van der Waals surface area contributed by atoms with Crippen molar-refractivity contribution in [3.63, 3.8) is 0 Å². The van der Waals surface area contributed by atoms with Crippen LogP contribution in [0.4, 0.5) is 4.39 Å². The number of fused-ring (bicyclic) bond motifs is 2. The lowest BCUT2D eigenvalue weighted by Gasteiger charge is -2.22. The van der Waals surface area contributed by atoms with E-state index in [-0.39, 0.29) is 11.9 Å². The summed E-state index contributed by atoms with van der Waals surface area (Å²) in [6.45, 7) is 3.58. The first-order chi connectivity index (χ1) is 12.8. The standard InChI is InChI=1S/C19H18FN3O2S/c20-16-7-5-14(6-8-16)4-2-1-3-11-24-18-19(22-26-21-18)25-17-13-23-10-9-15(17)12-23/h1,3,5-8,15,17H,9-13H2/b3-1+. The molecule has 7 heteroatoms. The summed E-state index contributed by atoms with van der Waals surface area (Å²) in [5.41, 5.74) is 0.762. The van der Waals surface area contributed by atoms with Gasteiger partial charge in [0.1, 0.15) is 18.5 Å². The van der Waals surface area contributed by atoms with Gasteiger partial charge in [-0.3, -0.25) is 4.90 Å². The van der Waals surface area contributed by atoms with Gasteiger partial charge in [-0.1, -0.05) is 11.8 Å². The minimum absolute atomic E-state index is 0.187. The molecular weight excluding hydrogens is 353 g/mol. The van der Waals surface area contributed by atoms with E-state index in [0.29, 0.717) is 24.3 Å². The molecule has 0 aliphatic carbocycles. The molecule has 5 nitrogen and oxygen atoms in total. The highest BCUT2D eigenvalue weighted by Gasteiger charge is 2.40. The van der Waals surface area contributed by atoms with Gasteiger partial charge in [0, 0.05) is 24.6 Å². The Morgan fingerprint density at radius 2 is 2.08 bits per heavy atom. The average molecular weight is 371 g/mol. The number of benzene rings is 1. The first kappa shape index (κ1) is 17.0. The van der Waals surface area contributed by atoms with Crippen molar-refractivity contribution in [2.75, 3.05) is 26.2 Å². The number of piperidine rings is 1. The fourth-order valence-corrected chi connectivity index (χ4v) is 3.68. The van der Waals surface area contributed by atoms with E-state index in [4.69, 9.17) is 9.47 Å². The van der Waals surface area contributed by atoms with Gasteiger partial charge in [0.15, 0.2) is 0 Å². The molecular formula is C19H18FN3O2S. The lowest BCUT2D eigenvalue weighted by molar-refractivity contribution is 0.130. The van der Waals surface area contributed by atoms with Crippen LogP contribution >= 0.6 is 11.7 Å². The molecule has 0 N–H and O–H groups in total. The van der Waals surface area contributed by atoms with Crippen LogP contribution in [-0.2, 0) is 0 Å². The van der Waals surface area contributed by atoms with Gasteiger partial charge in [0.2, 0.25) is 0 Å². The minimum atomic E-state index is -0.267. The van der Waals surface area contributed by atoms with Gasteiger partial charge in [-0.2, -0.15) is 0 Å². The van der Waals surface area contributed by atoms with Crippen molar-refractivity contribution in [2.45, 2.75) is 12.5 Å². The maximum Gasteiger partial charge on any atom is 0.291 e. The monoisotopic (exact) mass is 371 g/mol. The lowest BCUT2D eigenvalue weighted by Crippen LogP contribution is -2.32. The van der Waals surface area contributed by atoms with Gasteiger partial charge in [0.05, 0.1) is 11.7 Å². The van der Waals surface area contributed by atoms with Crippen molar-refractivity contribution in [1.29, 1.82) is 0 Å². The Labute approximate surface area is 155 Å². The zero-order chi connectivity index (χ0) is 17.8. The zero-order valence-corrected chi connectivity index (χ0v) is 14.9. The predicted octanol–water partition coefficient (Wildman–Crippen LogP) is 2.75. The summed E-state index contributed by atoms with van der Waals surface area (Å²) in [7, 11) is 0. The molecule has 2 aliphatic rings. The number of hydrogen-bond acceptors (Lipinski definition) is 6. The largest absolute Gasteiger partial charge is 0.469 e. The molecule has 3 atom stereocenters. The number of ether oxygens (including phenoxy) is 2. The molecule has 3 unspecified atom stereocenters. The number of nitrogens with zero attached hydrogens (tertiary/aromatic N) is 3. The molecule has 2 aromatic rings. The Morgan fingerprint density at radius 1 is 1.23 bits per heavy atom. The van der Waals surface area contributed by atoms with Gasteiger partial charge >= 0.3 is 0 Å². The van der Waals surface area contributed by atoms with Crippen molar-refractivity contribution < 1.29 is 13.9 Å². The number of halogens is 1. The third kappa shape index (κ3) is 4.03. The van der Waals surface area contributed by atoms with Crippen LogP contribution in [0.15, 0.2) is 36.4 Å². The maximum absolute atomic E-state index is 12.8. The highest BCUT2D eigenvalue weighted by molar-refractivity contribution is 6.99. The van der Waals surface area contributed by atoms with Crippen molar-refractivity contribution in [3.05, 3.63) is 47.8 Å². The summed E-state index contributed by atoms with van der Waals surface area (Å²) in [6, 6.07) is 6.06. The van der Waals surface area contributed by atoms with E-state index in [9.17, 15) is 4.39 Å². The predicted molar refractivity (Wildman–Crippen MR) is 96.8 cm³/mol. The molecule has 134 valence electrons. The number of rotatable bonds is 5. The topological polar surface area (TPSA) is 47.5 Å². The van der Waals surface area contributed by atoms with Crippen LogP contribution < -0.4 is 9.47 Å². The second-order valence-corrected chi connectivity index (χ2v) is 6.86. The Hall–Kier alpha value is -2.43. The van der Waals surface area contributed by atoms with Gasteiger partial charge in [0.25, 0.3) is 11.8 Å². The van der Waals surface area contributed by atoms with Crippen LogP contribution in [0.1, 0.15) is 12.0 Å². The van der Waals surface area contributed by atoms with E-state index >= 15 is 0 Å². The van der Waals surface area contributed by atoms with E-state index in [1.165, 1.54) is 25.1 Å². The minimum Gasteiger partial charge on any atom is -0.469 e. The summed E-state index contributed by atoms with van der Waals surface area (Å²) < 4.78 is 32.8. The molecule has 4 rings (SSSR count). The molecule has 0 spiro atoms. The van der Waals surface area contributed by atoms with Crippen LogP contribution in [0, 0.1) is 23.6 Å². The quantitative estimate of drug-likeness (QED) is 0.757. The second-order valence-electron chi connectivity index (χ2n) is 6.33. The van der Waals surface area contributed by atoms with Crippen LogP contribution in [-0.4, -0.2) is 46.0 Å². The Kier molecular flexibility index (Phi) is 5.14. The van der Waals surface area contributed by atoms with Crippen molar-refractivity contribution in [2.24, 2.45) is 5.92 Å². The lowest BCUT2D eigenvalue weighted by atomic mass is 10.0. The van der Waals surface area contributed by atoms with E-state index < -0.39 is 0 Å². The fourth-order valence-electron chi connectivity index (χ4n) is 3.24. The number of aromatic nitrogens is 2. The Balaban J connectivity index is 1.26. The molecule has 3 heterocycles. The second kappa shape index (κ2) is 7.85. The molecule has 0 radical (unpaired) electrons. The molecule has 1 aromatic carbocycles. The molecule has 2 saturated heterocycles. The zero-order valence-electron chi connectivity index (χ0n) is 14.1. The van der Waals surface area contributed by atoms with Crippen molar-refractivity contribution in [3.8, 4) is 23.6 Å². The highest BCUT2D eigenvalue weighted by Crippen LogP contribution is 2.33. The van der Waals surface area contributed by atoms with Crippen molar-refractivity contribution >= 4 is 11.7 Å². The average Bonchev–Trinajstić information content (AvgIpc) is 3.37. The van der Waals surface area contributed by atoms with E-state index in [1.54, 1.807) is 24.3 Å². The van der Waals surface area contributed by atoms with E-state index in [0.717, 1.165) is 30.4 Å². The molecule has 2 fully saturated rings. The van der Waals surface area contributed by atoms with Crippen LogP contribution in [0.2, 0.25) is 0 Å². The third-order valence-electron chi connectivity index (χ3n) is 4.54. The molecule has 0 amide bonds. The first-order valence-corrected chi connectivity index (χ1v) is 9.27. The van der Waals surface area contributed by atoms with E-state index in [2.05, 4.69) is 25.5 Å². The van der Waals surface area contributed by atoms with Crippen LogP contribution in [0.25, 0.3) is 0 Å². The summed E-state index contributed by atoms with van der Waals surface area (Å²) in [5, 5.41) is 0. The summed E-state index contributed by atoms with van der Waals surface area (Å²) in [5.74, 6) is 7.06. The molecule has 2 bridgehead atoms. The van der Waals surface area contributed by atoms with Gasteiger partial charge in [-0.05, 0) is 49.4 Å². The summed E-state index contributed by atoms with van der Waals surface area (Å²) in [4.78, 5) is 2.41. The maximum atomic E-state index is 12.8. The normalized spacial score (nSPS) is 23.8. The molecule has 0 saturated carbocycles. The fraction of sp³-hybridized carbons (Fsp3) is 0.368. The number of hydrogen-bond donors (Lipinski definition) is 0.